The van der Waals surface area contributed by atoms with Crippen molar-refractivity contribution in [3.05, 3.63) is 70.7 Å². The second-order valence-electron chi connectivity index (χ2n) is 6.51. The van der Waals surface area contributed by atoms with Crippen molar-refractivity contribution in [1.29, 1.82) is 5.26 Å². The predicted octanol–water partition coefficient (Wildman–Crippen LogP) is 3.63. The van der Waals surface area contributed by atoms with Gasteiger partial charge in [-0.1, -0.05) is 54.1 Å². The molecule has 1 saturated heterocycles. The van der Waals surface area contributed by atoms with Gasteiger partial charge in [-0.25, -0.2) is 0 Å². The zero-order valence-electron chi connectivity index (χ0n) is 14.8. The van der Waals surface area contributed by atoms with E-state index in [0.29, 0.717) is 12.6 Å². The van der Waals surface area contributed by atoms with Gasteiger partial charge >= 0.3 is 0 Å². The summed E-state index contributed by atoms with van der Waals surface area (Å²) >= 11 is 6.09. The highest BCUT2D eigenvalue weighted by Gasteiger charge is 2.27. The Morgan fingerprint density at radius 2 is 1.88 bits per heavy atom. The van der Waals surface area contributed by atoms with Crippen LogP contribution in [-0.2, 0) is 4.74 Å². The Bertz CT molecular complexity index is 714. The van der Waals surface area contributed by atoms with Crippen molar-refractivity contribution in [3.63, 3.8) is 0 Å². The number of nitrogens with zero attached hydrogens (tertiary/aromatic N) is 2. The number of nitrogens with one attached hydrogen (secondary N) is 1. The number of hydrogen-bond acceptors (Lipinski definition) is 4. The van der Waals surface area contributed by atoms with Crippen LogP contribution in [0.1, 0.15) is 23.6 Å². The lowest BCUT2D eigenvalue weighted by molar-refractivity contribution is 0.118. The molecule has 2 aromatic carbocycles. The molecule has 0 saturated carbocycles. The number of ether oxygens (including phenoxy) is 1. The molecule has 2 aromatic rings. The van der Waals surface area contributed by atoms with E-state index in [-0.39, 0.29) is 12.6 Å². The normalized spacial score (nSPS) is 19.0. The van der Waals surface area contributed by atoms with Crippen molar-refractivity contribution in [2.75, 3.05) is 32.8 Å². The number of halogens is 1. The summed E-state index contributed by atoms with van der Waals surface area (Å²) in [4.78, 5) is 2.52. The Labute approximate surface area is 160 Å². The lowest BCUT2D eigenvalue weighted by Gasteiger charge is -2.39. The summed E-state index contributed by atoms with van der Waals surface area (Å²) in [6.07, 6.45) is 0.903. The monoisotopic (exact) mass is 369 g/mol. The standard InChI is InChI=1S/C21H24ClN3O/c22-19-8-6-18(7-9-19)21(17-4-2-1-3-5-17)25-13-12-24-20(16-25)10-14-26-15-11-23/h1-9,20-21,24H,10,12-16H2. The molecule has 0 aliphatic carbocycles. The van der Waals surface area contributed by atoms with Crippen LogP contribution in [0.25, 0.3) is 0 Å². The molecule has 0 radical (unpaired) electrons. The third-order valence-corrected chi connectivity index (χ3v) is 4.98. The third kappa shape index (κ3) is 5.06. The number of benzene rings is 2. The number of piperazine rings is 1. The number of hydrogen-bond donors (Lipinski definition) is 1. The summed E-state index contributed by atoms with van der Waals surface area (Å²) in [6.45, 7) is 3.64. The van der Waals surface area contributed by atoms with Crippen LogP contribution in [-0.4, -0.2) is 43.8 Å². The van der Waals surface area contributed by atoms with Gasteiger partial charge in [-0.3, -0.25) is 4.90 Å². The van der Waals surface area contributed by atoms with Gasteiger partial charge in [0.15, 0.2) is 0 Å². The zero-order valence-corrected chi connectivity index (χ0v) is 15.5. The molecule has 2 unspecified atom stereocenters. The van der Waals surface area contributed by atoms with E-state index in [4.69, 9.17) is 21.6 Å². The molecule has 1 aliphatic heterocycles. The van der Waals surface area contributed by atoms with Crippen LogP contribution >= 0.6 is 11.6 Å². The first-order valence-corrected chi connectivity index (χ1v) is 9.38. The Morgan fingerprint density at radius 3 is 2.62 bits per heavy atom. The molecular formula is C21H24ClN3O. The van der Waals surface area contributed by atoms with Crippen LogP contribution in [0, 0.1) is 11.3 Å². The topological polar surface area (TPSA) is 48.3 Å². The molecule has 1 aliphatic rings. The first-order valence-electron chi connectivity index (χ1n) is 9.00. The lowest BCUT2D eigenvalue weighted by atomic mass is 9.95. The van der Waals surface area contributed by atoms with Crippen molar-refractivity contribution in [1.82, 2.24) is 10.2 Å². The van der Waals surface area contributed by atoms with Crippen molar-refractivity contribution < 1.29 is 4.74 Å². The van der Waals surface area contributed by atoms with Crippen LogP contribution in [0.5, 0.6) is 0 Å². The van der Waals surface area contributed by atoms with E-state index >= 15 is 0 Å². The van der Waals surface area contributed by atoms with Gasteiger partial charge in [-0.15, -0.1) is 0 Å². The average Bonchev–Trinajstić information content (AvgIpc) is 2.68. The van der Waals surface area contributed by atoms with Crippen LogP contribution < -0.4 is 5.32 Å². The fourth-order valence-corrected chi connectivity index (χ4v) is 3.64. The summed E-state index contributed by atoms with van der Waals surface area (Å²) < 4.78 is 5.33. The van der Waals surface area contributed by atoms with Crippen LogP contribution in [0.4, 0.5) is 0 Å². The van der Waals surface area contributed by atoms with Gasteiger partial charge < -0.3 is 10.1 Å². The maximum atomic E-state index is 8.58. The fraction of sp³-hybridized carbons (Fsp3) is 0.381. The molecular weight excluding hydrogens is 346 g/mol. The zero-order chi connectivity index (χ0) is 18.2. The lowest BCUT2D eigenvalue weighted by Crippen LogP contribution is -2.52. The third-order valence-electron chi connectivity index (χ3n) is 4.73. The smallest absolute Gasteiger partial charge is 0.133 e. The Hall–Kier alpha value is -1.90. The quantitative estimate of drug-likeness (QED) is 0.757. The first kappa shape index (κ1) is 18.9. The minimum atomic E-state index is 0.161. The van der Waals surface area contributed by atoms with Crippen molar-refractivity contribution in [3.8, 4) is 6.07 Å². The van der Waals surface area contributed by atoms with Crippen molar-refractivity contribution in [2.24, 2.45) is 0 Å². The second-order valence-corrected chi connectivity index (χ2v) is 6.95. The Balaban J connectivity index is 1.76. The maximum Gasteiger partial charge on any atom is 0.133 e. The molecule has 0 bridgehead atoms. The molecule has 136 valence electrons. The summed E-state index contributed by atoms with van der Waals surface area (Å²) in [7, 11) is 0. The molecule has 4 nitrogen and oxygen atoms in total. The van der Waals surface area contributed by atoms with E-state index in [1.54, 1.807) is 0 Å². The molecule has 1 N–H and O–H groups in total. The van der Waals surface area contributed by atoms with E-state index in [0.717, 1.165) is 31.1 Å². The molecule has 2 atom stereocenters. The summed E-state index contributed by atoms with van der Waals surface area (Å²) in [5.74, 6) is 0. The van der Waals surface area contributed by atoms with Gasteiger partial charge in [0.2, 0.25) is 0 Å². The van der Waals surface area contributed by atoms with E-state index in [9.17, 15) is 0 Å². The van der Waals surface area contributed by atoms with Crippen LogP contribution in [0.2, 0.25) is 5.02 Å². The van der Waals surface area contributed by atoms with Gasteiger partial charge in [0.1, 0.15) is 6.61 Å². The van der Waals surface area contributed by atoms with E-state index in [1.165, 1.54) is 11.1 Å². The van der Waals surface area contributed by atoms with E-state index in [1.807, 2.05) is 18.2 Å². The van der Waals surface area contributed by atoms with Gasteiger partial charge in [-0.05, 0) is 29.7 Å². The molecule has 1 fully saturated rings. The molecule has 0 spiro atoms. The van der Waals surface area contributed by atoms with Gasteiger partial charge in [0.25, 0.3) is 0 Å². The van der Waals surface area contributed by atoms with Crippen LogP contribution in [0.3, 0.4) is 0 Å². The fourth-order valence-electron chi connectivity index (χ4n) is 3.52. The van der Waals surface area contributed by atoms with E-state index < -0.39 is 0 Å². The number of nitriles is 1. The average molecular weight is 370 g/mol. The van der Waals surface area contributed by atoms with Crippen molar-refractivity contribution >= 4 is 11.6 Å². The van der Waals surface area contributed by atoms with E-state index in [2.05, 4.69) is 52.7 Å². The molecule has 0 amide bonds. The molecule has 1 heterocycles. The second kappa shape index (κ2) is 9.70. The SMILES string of the molecule is N#CCOCCC1CN(C(c2ccccc2)c2ccc(Cl)cc2)CCN1. The Morgan fingerprint density at radius 1 is 1.15 bits per heavy atom. The van der Waals surface area contributed by atoms with Crippen molar-refractivity contribution in [2.45, 2.75) is 18.5 Å². The highest BCUT2D eigenvalue weighted by molar-refractivity contribution is 6.30. The van der Waals surface area contributed by atoms with Gasteiger partial charge in [0.05, 0.1) is 12.1 Å². The highest BCUT2D eigenvalue weighted by Crippen LogP contribution is 2.30. The molecule has 0 aromatic heterocycles. The summed E-state index contributed by atoms with van der Waals surface area (Å²) in [6, 6.07) is 21.3. The predicted molar refractivity (Wildman–Crippen MR) is 104 cm³/mol. The largest absolute Gasteiger partial charge is 0.366 e. The van der Waals surface area contributed by atoms with Gasteiger partial charge in [-0.2, -0.15) is 5.26 Å². The highest BCUT2D eigenvalue weighted by atomic mass is 35.5. The minimum Gasteiger partial charge on any atom is -0.366 e. The molecule has 5 heteroatoms. The summed E-state index contributed by atoms with van der Waals surface area (Å²) in [5, 5.41) is 12.9. The summed E-state index contributed by atoms with van der Waals surface area (Å²) in [5.41, 5.74) is 2.54. The molecule has 3 rings (SSSR count). The van der Waals surface area contributed by atoms with Crippen LogP contribution in [0.15, 0.2) is 54.6 Å². The Kier molecular flexibility index (Phi) is 7.04. The first-order chi connectivity index (χ1) is 12.8. The minimum absolute atomic E-state index is 0.161. The molecule has 26 heavy (non-hydrogen) atoms. The number of rotatable bonds is 7. The maximum absolute atomic E-state index is 8.58. The van der Waals surface area contributed by atoms with Gasteiger partial charge in [0, 0.05) is 37.3 Å².